The van der Waals surface area contributed by atoms with Gasteiger partial charge in [0.2, 0.25) is 0 Å². The largest absolute Gasteiger partial charge is 0.310 e. The van der Waals surface area contributed by atoms with Crippen LogP contribution in [0.2, 0.25) is 0 Å². The van der Waals surface area contributed by atoms with E-state index >= 15 is 0 Å². The molecule has 1 heteroatoms. The fraction of sp³-hybridized carbons (Fsp3) is 0.0196. The maximum atomic E-state index is 2.46. The summed E-state index contributed by atoms with van der Waals surface area (Å²) < 4.78 is 0. The molecule has 0 amide bonds. The second-order valence-corrected chi connectivity index (χ2v) is 14.0. The van der Waals surface area contributed by atoms with E-state index in [0.717, 1.165) is 11.4 Å². The zero-order valence-electron chi connectivity index (χ0n) is 28.5. The summed E-state index contributed by atoms with van der Waals surface area (Å²) in [4.78, 5) is 2.39. The predicted octanol–water partition coefficient (Wildman–Crippen LogP) is 13.7. The minimum Gasteiger partial charge on any atom is -0.310 e. The van der Waals surface area contributed by atoms with Crippen LogP contribution in [0.3, 0.4) is 0 Å². The smallest absolute Gasteiger partial charge is 0.0540 e. The van der Waals surface area contributed by atoms with E-state index < -0.39 is 0 Å². The summed E-state index contributed by atoms with van der Waals surface area (Å²) in [6.07, 6.45) is 0. The molecule has 1 nitrogen and oxygen atoms in total. The Hall–Kier alpha value is -6.70. The van der Waals surface area contributed by atoms with E-state index in [1.54, 1.807) is 0 Å². The molecule has 1 atom stereocenters. The summed E-state index contributed by atoms with van der Waals surface area (Å²) in [6, 6.07) is 71.5. The first-order valence-electron chi connectivity index (χ1n) is 18.1. The number of para-hydroxylation sites is 1. The number of benzene rings is 9. The minimum absolute atomic E-state index is 0.160. The van der Waals surface area contributed by atoms with Crippen molar-refractivity contribution in [1.82, 2.24) is 0 Å². The molecule has 0 heterocycles. The van der Waals surface area contributed by atoms with E-state index in [1.165, 1.54) is 88.1 Å². The van der Waals surface area contributed by atoms with Crippen LogP contribution < -0.4 is 4.90 Å². The molecule has 242 valence electrons. The van der Waals surface area contributed by atoms with Crippen LogP contribution in [0.5, 0.6) is 0 Å². The zero-order chi connectivity index (χ0) is 34.2. The Morgan fingerprint density at radius 1 is 0.404 bits per heavy atom. The van der Waals surface area contributed by atoms with E-state index in [-0.39, 0.29) is 5.92 Å². The molecule has 0 saturated carbocycles. The minimum atomic E-state index is 0.160. The molecular weight excluding hydrogens is 627 g/mol. The van der Waals surface area contributed by atoms with E-state index in [0.29, 0.717) is 0 Å². The lowest BCUT2D eigenvalue weighted by Crippen LogP contribution is -2.10. The van der Waals surface area contributed by atoms with E-state index in [2.05, 4.69) is 199 Å². The topological polar surface area (TPSA) is 3.24 Å². The van der Waals surface area contributed by atoms with Gasteiger partial charge >= 0.3 is 0 Å². The number of hydrogen-bond donors (Lipinski definition) is 0. The number of rotatable bonds is 5. The molecule has 0 radical (unpaired) electrons. The Morgan fingerprint density at radius 3 is 1.92 bits per heavy atom. The summed E-state index contributed by atoms with van der Waals surface area (Å²) in [6.45, 7) is 0. The molecule has 9 aromatic carbocycles. The second-order valence-electron chi connectivity index (χ2n) is 14.0. The molecule has 2 aliphatic carbocycles. The van der Waals surface area contributed by atoms with Crippen LogP contribution >= 0.6 is 0 Å². The molecule has 0 bridgehead atoms. The molecule has 9 aromatic rings. The van der Waals surface area contributed by atoms with E-state index in [9.17, 15) is 0 Å². The highest BCUT2D eigenvalue weighted by molar-refractivity contribution is 6.26. The van der Waals surface area contributed by atoms with Gasteiger partial charge in [-0.3, -0.25) is 0 Å². The molecule has 0 aromatic heterocycles. The average molecular weight is 660 g/mol. The SMILES string of the molecule is c1ccc(C2C3=C(c4cc(-c5cccc(N(c6ccccc6)c6cccc7ccccc67)c5)ccc42)c2cccc4cc5ccccc5c3c24)cc1. The Labute approximate surface area is 303 Å². The van der Waals surface area contributed by atoms with Crippen molar-refractivity contribution in [2.45, 2.75) is 5.92 Å². The molecule has 2 aliphatic rings. The lowest BCUT2D eigenvalue weighted by atomic mass is 9.82. The quantitative estimate of drug-likeness (QED) is 0.166. The maximum absolute atomic E-state index is 2.46. The summed E-state index contributed by atoms with van der Waals surface area (Å²) in [5.74, 6) is 0.160. The molecule has 52 heavy (non-hydrogen) atoms. The highest BCUT2D eigenvalue weighted by Crippen LogP contribution is 2.60. The molecule has 0 aliphatic heterocycles. The van der Waals surface area contributed by atoms with E-state index in [4.69, 9.17) is 0 Å². The summed E-state index contributed by atoms with van der Waals surface area (Å²) in [5, 5.41) is 7.79. The third-order valence-corrected chi connectivity index (χ3v) is 11.2. The van der Waals surface area contributed by atoms with Crippen molar-refractivity contribution in [3.05, 3.63) is 222 Å². The summed E-state index contributed by atoms with van der Waals surface area (Å²) in [5.41, 5.74) is 15.5. The van der Waals surface area contributed by atoms with Gasteiger partial charge in [0.15, 0.2) is 0 Å². The fourth-order valence-electron chi connectivity index (χ4n) is 9.04. The lowest BCUT2D eigenvalue weighted by molar-refractivity contribution is 1.07. The van der Waals surface area contributed by atoms with Crippen molar-refractivity contribution in [2.75, 3.05) is 4.90 Å². The van der Waals surface area contributed by atoms with Crippen LogP contribution in [0.1, 0.15) is 33.7 Å². The maximum Gasteiger partial charge on any atom is 0.0540 e. The predicted molar refractivity (Wildman–Crippen MR) is 220 cm³/mol. The molecule has 0 spiro atoms. The third-order valence-electron chi connectivity index (χ3n) is 11.2. The van der Waals surface area contributed by atoms with Gasteiger partial charge in [0.05, 0.1) is 5.69 Å². The monoisotopic (exact) mass is 659 g/mol. The lowest BCUT2D eigenvalue weighted by Gasteiger charge is -2.27. The molecule has 0 saturated heterocycles. The molecule has 0 N–H and O–H groups in total. The molecule has 1 unspecified atom stereocenters. The van der Waals surface area contributed by atoms with Gasteiger partial charge in [0, 0.05) is 22.7 Å². The van der Waals surface area contributed by atoms with Crippen molar-refractivity contribution >= 4 is 60.5 Å². The van der Waals surface area contributed by atoms with Crippen molar-refractivity contribution in [3.8, 4) is 11.1 Å². The Morgan fingerprint density at radius 2 is 1.06 bits per heavy atom. The number of nitrogens with zero attached hydrogens (tertiary/aromatic N) is 1. The normalized spacial score (nSPS) is 14.3. The summed E-state index contributed by atoms with van der Waals surface area (Å²) in [7, 11) is 0. The Balaban J connectivity index is 1.11. The Bertz CT molecular complexity index is 2890. The average Bonchev–Trinajstić information content (AvgIpc) is 3.73. The van der Waals surface area contributed by atoms with Crippen molar-refractivity contribution < 1.29 is 0 Å². The van der Waals surface area contributed by atoms with Crippen LogP contribution in [0.15, 0.2) is 194 Å². The first kappa shape index (κ1) is 29.1. The van der Waals surface area contributed by atoms with Gasteiger partial charge in [0.25, 0.3) is 0 Å². The molecule has 0 fully saturated rings. The Kier molecular flexibility index (Phi) is 6.38. The van der Waals surface area contributed by atoms with Crippen molar-refractivity contribution in [1.29, 1.82) is 0 Å². The van der Waals surface area contributed by atoms with Crippen LogP contribution in [0.25, 0.3) is 54.6 Å². The van der Waals surface area contributed by atoms with Gasteiger partial charge in [-0.2, -0.15) is 0 Å². The van der Waals surface area contributed by atoms with Crippen LogP contribution in [-0.2, 0) is 0 Å². The standard InChI is InChI=1S/C51H33N/c1-3-15-34(16-4-1)47-43-29-28-36(32-45(43)49-44-26-12-20-38-30-37-17-8-10-25-42(37)50(48(38)44)51(47)49)35-19-11-23-40(31-35)52(39-21-5-2-6-22-39)46-27-13-18-33-14-7-9-24-41(33)46/h1-32,47H. The van der Waals surface area contributed by atoms with Crippen LogP contribution in [0, 0.1) is 0 Å². The van der Waals surface area contributed by atoms with Gasteiger partial charge in [-0.25, -0.2) is 0 Å². The first-order valence-corrected chi connectivity index (χ1v) is 18.1. The highest BCUT2D eigenvalue weighted by Gasteiger charge is 2.40. The van der Waals surface area contributed by atoms with Crippen molar-refractivity contribution in [2.24, 2.45) is 0 Å². The van der Waals surface area contributed by atoms with Gasteiger partial charge < -0.3 is 4.90 Å². The van der Waals surface area contributed by atoms with E-state index in [1.807, 2.05) is 0 Å². The number of allylic oxidation sites excluding steroid dienone is 1. The van der Waals surface area contributed by atoms with Gasteiger partial charge in [-0.15, -0.1) is 0 Å². The van der Waals surface area contributed by atoms with Gasteiger partial charge in [-0.1, -0.05) is 152 Å². The number of hydrogen-bond acceptors (Lipinski definition) is 1. The van der Waals surface area contributed by atoms with Gasteiger partial charge in [-0.05, 0) is 119 Å². The highest BCUT2D eigenvalue weighted by atomic mass is 15.1. The first-order chi connectivity index (χ1) is 25.8. The van der Waals surface area contributed by atoms with Crippen LogP contribution in [0.4, 0.5) is 17.1 Å². The number of fused-ring (bicyclic) bond motifs is 7. The molecular formula is C51H33N. The second kappa shape index (κ2) is 11.4. The fourth-order valence-corrected chi connectivity index (χ4v) is 9.04. The molecule has 11 rings (SSSR count). The third kappa shape index (κ3) is 4.30. The summed E-state index contributed by atoms with van der Waals surface area (Å²) >= 11 is 0. The zero-order valence-corrected chi connectivity index (χ0v) is 28.5. The van der Waals surface area contributed by atoms with Crippen molar-refractivity contribution in [3.63, 3.8) is 0 Å². The number of anilines is 3. The van der Waals surface area contributed by atoms with Crippen LogP contribution in [-0.4, -0.2) is 0 Å². The van der Waals surface area contributed by atoms with Gasteiger partial charge in [0.1, 0.15) is 0 Å².